The Morgan fingerprint density at radius 3 is 3.00 bits per heavy atom. The summed E-state index contributed by atoms with van der Waals surface area (Å²) in [6.45, 7) is 6.36. The Balaban J connectivity index is 0.00000162. The van der Waals surface area contributed by atoms with Crippen molar-refractivity contribution >= 4 is 29.9 Å². The second-order valence-corrected chi connectivity index (χ2v) is 4.60. The highest BCUT2D eigenvalue weighted by molar-refractivity contribution is 14.0. The van der Waals surface area contributed by atoms with Gasteiger partial charge in [-0.1, -0.05) is 12.1 Å². The van der Waals surface area contributed by atoms with E-state index in [0.717, 1.165) is 13.1 Å². The van der Waals surface area contributed by atoms with Crippen molar-refractivity contribution in [2.45, 2.75) is 33.2 Å². The molecule has 1 unspecified atom stereocenters. The second-order valence-electron chi connectivity index (χ2n) is 4.60. The van der Waals surface area contributed by atoms with Crippen LogP contribution in [0.5, 0.6) is 0 Å². The Hall–Kier alpha value is -0.860. The van der Waals surface area contributed by atoms with Crippen LogP contribution in [0.3, 0.4) is 0 Å². The van der Waals surface area contributed by atoms with Gasteiger partial charge >= 0.3 is 0 Å². The lowest BCUT2D eigenvalue weighted by molar-refractivity contribution is 0.270. The van der Waals surface area contributed by atoms with E-state index < -0.39 is 0 Å². The monoisotopic (exact) mass is 365 g/mol. The zero-order valence-corrected chi connectivity index (χ0v) is 13.1. The van der Waals surface area contributed by atoms with Crippen molar-refractivity contribution in [1.29, 1.82) is 0 Å². The fraction of sp³-hybridized carbons (Fsp3) is 0.727. The molecule has 0 aromatic carbocycles. The highest BCUT2D eigenvalue weighted by atomic mass is 127. The van der Waals surface area contributed by atoms with Crippen LogP contribution in [0, 0.1) is 12.8 Å². The molecule has 1 aromatic rings. The quantitative estimate of drug-likeness (QED) is 0.489. The highest BCUT2D eigenvalue weighted by Crippen LogP contribution is 2.14. The molecule has 18 heavy (non-hydrogen) atoms. The third-order valence-electron chi connectivity index (χ3n) is 2.93. The van der Waals surface area contributed by atoms with E-state index in [4.69, 9.17) is 10.3 Å². The minimum absolute atomic E-state index is 0. The van der Waals surface area contributed by atoms with Gasteiger partial charge in [-0.2, -0.15) is 4.98 Å². The van der Waals surface area contributed by atoms with Crippen LogP contribution in [0.15, 0.2) is 9.52 Å². The van der Waals surface area contributed by atoms with Crippen molar-refractivity contribution in [3.63, 3.8) is 0 Å². The van der Waals surface area contributed by atoms with Gasteiger partial charge in [0.15, 0.2) is 11.8 Å². The number of halogens is 1. The highest BCUT2D eigenvalue weighted by Gasteiger charge is 2.17. The topological polar surface area (TPSA) is 80.5 Å². The van der Waals surface area contributed by atoms with Crippen molar-refractivity contribution < 1.29 is 4.52 Å². The van der Waals surface area contributed by atoms with Crippen LogP contribution in [-0.2, 0) is 6.54 Å². The molecule has 0 radical (unpaired) electrons. The average molecular weight is 365 g/mol. The summed E-state index contributed by atoms with van der Waals surface area (Å²) in [5.74, 6) is 2.40. The normalized spacial score (nSPS) is 20.7. The standard InChI is InChI=1S/C11H19N5O.HI/c1-8-4-3-5-16(7-8)11(12)13-6-10-14-9(2)17-15-10;/h8H,3-7H2,1-2H3,(H2,12,13);1H. The molecule has 1 fully saturated rings. The molecule has 1 aliphatic heterocycles. The first-order valence-electron chi connectivity index (χ1n) is 5.99. The first kappa shape index (κ1) is 15.2. The number of nitrogens with zero attached hydrogens (tertiary/aromatic N) is 4. The predicted octanol–water partition coefficient (Wildman–Crippen LogP) is 1.54. The van der Waals surface area contributed by atoms with Gasteiger partial charge in [0.1, 0.15) is 6.54 Å². The summed E-state index contributed by atoms with van der Waals surface area (Å²) >= 11 is 0. The minimum Gasteiger partial charge on any atom is -0.370 e. The van der Waals surface area contributed by atoms with Crippen LogP contribution in [0.1, 0.15) is 31.5 Å². The van der Waals surface area contributed by atoms with Gasteiger partial charge in [0.2, 0.25) is 5.89 Å². The van der Waals surface area contributed by atoms with Crippen LogP contribution in [0.2, 0.25) is 0 Å². The van der Waals surface area contributed by atoms with E-state index in [2.05, 4.69) is 27.0 Å². The molecule has 0 amide bonds. The van der Waals surface area contributed by atoms with Crippen LogP contribution >= 0.6 is 24.0 Å². The largest absolute Gasteiger partial charge is 0.370 e. The first-order valence-corrected chi connectivity index (χ1v) is 5.99. The molecule has 1 aliphatic rings. The lowest BCUT2D eigenvalue weighted by Crippen LogP contribution is -2.43. The van der Waals surface area contributed by atoms with Crippen molar-refractivity contribution in [3.8, 4) is 0 Å². The molecule has 7 heteroatoms. The van der Waals surface area contributed by atoms with Crippen molar-refractivity contribution in [2.75, 3.05) is 13.1 Å². The van der Waals surface area contributed by atoms with E-state index in [0.29, 0.717) is 30.1 Å². The van der Waals surface area contributed by atoms with Gasteiger partial charge in [0, 0.05) is 20.0 Å². The maximum absolute atomic E-state index is 5.96. The number of hydrogen-bond donors (Lipinski definition) is 1. The Kier molecular flexibility index (Phi) is 5.83. The predicted molar refractivity (Wildman–Crippen MR) is 79.7 cm³/mol. The zero-order chi connectivity index (χ0) is 12.3. The average Bonchev–Trinajstić information content (AvgIpc) is 2.72. The molecule has 0 saturated carbocycles. The molecular formula is C11H20IN5O. The molecule has 1 saturated heterocycles. The summed E-state index contributed by atoms with van der Waals surface area (Å²) in [6, 6.07) is 0. The van der Waals surface area contributed by atoms with E-state index in [9.17, 15) is 0 Å². The molecule has 2 heterocycles. The molecular weight excluding hydrogens is 345 g/mol. The number of nitrogens with two attached hydrogens (primary N) is 1. The lowest BCUT2D eigenvalue weighted by Gasteiger charge is -2.31. The van der Waals surface area contributed by atoms with E-state index >= 15 is 0 Å². The molecule has 2 rings (SSSR count). The van der Waals surface area contributed by atoms with Crippen LogP contribution in [-0.4, -0.2) is 34.1 Å². The maximum Gasteiger partial charge on any atom is 0.223 e. The minimum atomic E-state index is 0. The Morgan fingerprint density at radius 2 is 2.39 bits per heavy atom. The third-order valence-corrected chi connectivity index (χ3v) is 2.93. The molecule has 0 spiro atoms. The van der Waals surface area contributed by atoms with Crippen molar-refractivity contribution in [1.82, 2.24) is 15.0 Å². The van der Waals surface area contributed by atoms with Gasteiger partial charge in [0.25, 0.3) is 0 Å². The SMILES string of the molecule is Cc1nc(CN=C(N)N2CCCC(C)C2)no1.I. The third kappa shape index (κ3) is 4.11. The van der Waals surface area contributed by atoms with Gasteiger partial charge in [-0.15, -0.1) is 24.0 Å². The molecule has 1 aromatic heterocycles. The number of likely N-dealkylation sites (tertiary alicyclic amines) is 1. The Bertz CT molecular complexity index is 406. The molecule has 1 atom stereocenters. The summed E-state index contributed by atoms with van der Waals surface area (Å²) < 4.78 is 4.87. The van der Waals surface area contributed by atoms with Gasteiger partial charge in [-0.25, -0.2) is 4.99 Å². The number of aliphatic imine (C=N–C) groups is 1. The van der Waals surface area contributed by atoms with Crippen LogP contribution < -0.4 is 5.73 Å². The van der Waals surface area contributed by atoms with Gasteiger partial charge in [-0.05, 0) is 18.8 Å². The fourth-order valence-electron chi connectivity index (χ4n) is 2.05. The van der Waals surface area contributed by atoms with E-state index in [1.165, 1.54) is 12.8 Å². The number of guanidine groups is 1. The number of piperidine rings is 1. The summed E-state index contributed by atoms with van der Waals surface area (Å²) in [4.78, 5) is 10.5. The summed E-state index contributed by atoms with van der Waals surface area (Å²) in [5, 5.41) is 3.78. The summed E-state index contributed by atoms with van der Waals surface area (Å²) in [7, 11) is 0. The molecule has 6 nitrogen and oxygen atoms in total. The fourth-order valence-corrected chi connectivity index (χ4v) is 2.05. The van der Waals surface area contributed by atoms with E-state index in [-0.39, 0.29) is 24.0 Å². The molecule has 2 N–H and O–H groups in total. The number of aromatic nitrogens is 2. The zero-order valence-electron chi connectivity index (χ0n) is 10.8. The smallest absolute Gasteiger partial charge is 0.223 e. The number of aryl methyl sites for hydroxylation is 1. The van der Waals surface area contributed by atoms with Crippen LogP contribution in [0.25, 0.3) is 0 Å². The lowest BCUT2D eigenvalue weighted by atomic mass is 10.0. The van der Waals surface area contributed by atoms with E-state index in [1.807, 2.05) is 0 Å². The van der Waals surface area contributed by atoms with Crippen molar-refractivity contribution in [3.05, 3.63) is 11.7 Å². The van der Waals surface area contributed by atoms with Crippen molar-refractivity contribution in [2.24, 2.45) is 16.6 Å². The summed E-state index contributed by atoms with van der Waals surface area (Å²) in [6.07, 6.45) is 2.45. The molecule has 0 aliphatic carbocycles. The maximum atomic E-state index is 5.96. The van der Waals surface area contributed by atoms with Gasteiger partial charge in [0.05, 0.1) is 0 Å². The number of hydrogen-bond acceptors (Lipinski definition) is 4. The van der Waals surface area contributed by atoms with Gasteiger partial charge in [-0.3, -0.25) is 0 Å². The first-order chi connectivity index (χ1) is 8.15. The summed E-state index contributed by atoms with van der Waals surface area (Å²) in [5.41, 5.74) is 5.96. The van der Waals surface area contributed by atoms with E-state index in [1.54, 1.807) is 6.92 Å². The number of rotatable bonds is 2. The molecule has 0 bridgehead atoms. The Morgan fingerprint density at radius 1 is 1.61 bits per heavy atom. The van der Waals surface area contributed by atoms with Crippen LogP contribution in [0.4, 0.5) is 0 Å². The van der Waals surface area contributed by atoms with Gasteiger partial charge < -0.3 is 15.2 Å². The second kappa shape index (κ2) is 6.91. The molecule has 102 valence electrons. The Labute approximate surface area is 124 Å².